The van der Waals surface area contributed by atoms with Crippen LogP contribution in [0.3, 0.4) is 0 Å². The molecular formula is C16H25N3. The molecular weight excluding hydrogens is 234 g/mol. The van der Waals surface area contributed by atoms with Crippen molar-refractivity contribution in [3.05, 3.63) is 35.1 Å². The van der Waals surface area contributed by atoms with E-state index >= 15 is 0 Å². The molecule has 2 heterocycles. The Morgan fingerprint density at radius 3 is 2.42 bits per heavy atom. The maximum Gasteiger partial charge on any atom is 0.0411 e. The summed E-state index contributed by atoms with van der Waals surface area (Å²) in [4.78, 5) is 5.13. The molecule has 19 heavy (non-hydrogen) atoms. The lowest BCUT2D eigenvalue weighted by Gasteiger charge is -2.39. The van der Waals surface area contributed by atoms with Gasteiger partial charge in [0.25, 0.3) is 0 Å². The molecule has 2 aliphatic heterocycles. The van der Waals surface area contributed by atoms with Crippen LogP contribution in [-0.4, -0.2) is 56.6 Å². The van der Waals surface area contributed by atoms with Gasteiger partial charge >= 0.3 is 0 Å². The summed E-state index contributed by atoms with van der Waals surface area (Å²) in [6.07, 6.45) is 9.74. The Morgan fingerprint density at radius 1 is 1.16 bits per heavy atom. The van der Waals surface area contributed by atoms with Gasteiger partial charge in [-0.1, -0.05) is 12.2 Å². The molecule has 0 aromatic rings. The van der Waals surface area contributed by atoms with Crippen LogP contribution in [0.4, 0.5) is 0 Å². The van der Waals surface area contributed by atoms with Gasteiger partial charge in [-0.25, -0.2) is 0 Å². The van der Waals surface area contributed by atoms with Gasteiger partial charge in [-0.05, 0) is 64.3 Å². The van der Waals surface area contributed by atoms with Gasteiger partial charge in [0.15, 0.2) is 0 Å². The third-order valence-electron chi connectivity index (χ3n) is 4.65. The van der Waals surface area contributed by atoms with Crippen molar-refractivity contribution in [1.29, 1.82) is 0 Å². The van der Waals surface area contributed by atoms with Crippen LogP contribution in [-0.2, 0) is 0 Å². The van der Waals surface area contributed by atoms with Gasteiger partial charge < -0.3 is 15.1 Å². The number of allylic oxidation sites excluding steroid dienone is 3. The van der Waals surface area contributed by atoms with Crippen molar-refractivity contribution >= 4 is 0 Å². The normalized spacial score (nSPS) is 28.9. The first-order chi connectivity index (χ1) is 9.24. The van der Waals surface area contributed by atoms with Crippen molar-refractivity contribution in [1.82, 2.24) is 15.1 Å². The van der Waals surface area contributed by atoms with Gasteiger partial charge in [0.05, 0.1) is 0 Å². The smallest absolute Gasteiger partial charge is 0.0411 e. The highest BCUT2D eigenvalue weighted by Gasteiger charge is 2.41. The van der Waals surface area contributed by atoms with Crippen molar-refractivity contribution < 1.29 is 0 Å². The van der Waals surface area contributed by atoms with Gasteiger partial charge in [-0.2, -0.15) is 0 Å². The van der Waals surface area contributed by atoms with Crippen LogP contribution in [0.5, 0.6) is 0 Å². The van der Waals surface area contributed by atoms with E-state index in [-0.39, 0.29) is 0 Å². The van der Waals surface area contributed by atoms with Gasteiger partial charge in [0, 0.05) is 24.2 Å². The average molecular weight is 259 g/mol. The minimum absolute atomic E-state index is 0.745. The maximum atomic E-state index is 2.75. The Bertz CT molecular complexity index is 439. The van der Waals surface area contributed by atoms with E-state index in [1.807, 2.05) is 14.1 Å². The molecule has 4 aliphatic rings. The minimum atomic E-state index is 0.745. The fraction of sp³-hybridized carbons (Fsp3) is 0.625. The Balaban J connectivity index is 0.000000339. The average Bonchev–Trinajstić information content (AvgIpc) is 3.07. The predicted octanol–water partition coefficient (Wildman–Crippen LogP) is 1.61. The van der Waals surface area contributed by atoms with Crippen LogP contribution >= 0.6 is 0 Å². The summed E-state index contributed by atoms with van der Waals surface area (Å²) in [5.74, 6) is 0.745. The van der Waals surface area contributed by atoms with Crippen LogP contribution in [0.2, 0.25) is 0 Å². The lowest BCUT2D eigenvalue weighted by atomic mass is 9.99. The van der Waals surface area contributed by atoms with E-state index in [0.29, 0.717) is 0 Å². The van der Waals surface area contributed by atoms with E-state index in [4.69, 9.17) is 0 Å². The Morgan fingerprint density at radius 2 is 1.84 bits per heavy atom. The molecule has 1 saturated heterocycles. The number of nitrogens with one attached hydrogen (secondary N) is 1. The molecule has 4 bridgehead atoms. The van der Waals surface area contributed by atoms with Crippen LogP contribution in [0, 0.1) is 5.92 Å². The second kappa shape index (κ2) is 5.14. The Kier molecular flexibility index (Phi) is 3.50. The fourth-order valence-corrected chi connectivity index (χ4v) is 3.65. The second-order valence-electron chi connectivity index (χ2n) is 6.06. The van der Waals surface area contributed by atoms with Crippen LogP contribution in [0.25, 0.3) is 0 Å². The molecule has 0 aromatic carbocycles. The van der Waals surface area contributed by atoms with E-state index in [9.17, 15) is 0 Å². The molecule has 1 fully saturated rings. The first kappa shape index (κ1) is 12.9. The van der Waals surface area contributed by atoms with Crippen LogP contribution in [0.1, 0.15) is 12.8 Å². The third kappa shape index (κ3) is 2.15. The number of nitrogens with zero attached hydrogens (tertiary/aromatic N) is 2. The van der Waals surface area contributed by atoms with Crippen LogP contribution < -0.4 is 5.32 Å². The second-order valence-corrected chi connectivity index (χ2v) is 6.06. The molecule has 3 heteroatoms. The SMILES string of the molecule is CN1CCC(N2CC3C4=CC2=C3C=C4)CC1.CNC. The summed E-state index contributed by atoms with van der Waals surface area (Å²) in [6.45, 7) is 3.79. The fourth-order valence-electron chi connectivity index (χ4n) is 3.65. The minimum Gasteiger partial charge on any atom is -0.367 e. The number of piperidine rings is 1. The molecule has 104 valence electrons. The Hall–Kier alpha value is -1.06. The van der Waals surface area contributed by atoms with E-state index in [2.05, 4.69) is 40.4 Å². The molecule has 0 spiro atoms. The summed E-state index contributed by atoms with van der Waals surface area (Å²) in [5.41, 5.74) is 4.72. The number of likely N-dealkylation sites (tertiary alicyclic amines) is 1. The third-order valence-corrected chi connectivity index (χ3v) is 4.65. The summed E-state index contributed by atoms with van der Waals surface area (Å²) in [6, 6.07) is 0.801. The van der Waals surface area contributed by atoms with Crippen molar-refractivity contribution in [2.24, 2.45) is 5.92 Å². The van der Waals surface area contributed by atoms with Gasteiger partial charge in [-0.3, -0.25) is 0 Å². The monoisotopic (exact) mass is 259 g/mol. The molecule has 2 aliphatic carbocycles. The Labute approximate surface area is 116 Å². The highest BCUT2D eigenvalue weighted by molar-refractivity contribution is 5.60. The zero-order valence-corrected chi connectivity index (χ0v) is 12.3. The van der Waals surface area contributed by atoms with E-state index in [1.165, 1.54) is 32.5 Å². The quantitative estimate of drug-likeness (QED) is 0.772. The molecule has 0 aromatic heterocycles. The number of hydrogen-bond acceptors (Lipinski definition) is 3. The molecule has 0 saturated carbocycles. The topological polar surface area (TPSA) is 18.5 Å². The summed E-state index contributed by atoms with van der Waals surface area (Å²) in [7, 11) is 5.99. The summed E-state index contributed by atoms with van der Waals surface area (Å²) >= 11 is 0. The molecule has 1 N–H and O–H groups in total. The highest BCUT2D eigenvalue weighted by Crippen LogP contribution is 2.47. The van der Waals surface area contributed by atoms with Crippen molar-refractivity contribution in [3.8, 4) is 0 Å². The standard InChI is InChI=1S/C14H18N2.C2H7N/c1-15-6-4-11(5-7-15)16-9-13-10-2-3-12(13)14(16)8-10;1-3-2/h2-3,8,11,13H,4-7,9H2,1H3;3H,1-2H3. The largest absolute Gasteiger partial charge is 0.367 e. The van der Waals surface area contributed by atoms with E-state index in [0.717, 1.165) is 12.0 Å². The zero-order valence-electron chi connectivity index (χ0n) is 12.3. The van der Waals surface area contributed by atoms with Crippen molar-refractivity contribution in [2.75, 3.05) is 40.8 Å². The number of rotatable bonds is 1. The number of hydrogen-bond donors (Lipinski definition) is 1. The van der Waals surface area contributed by atoms with Crippen molar-refractivity contribution in [2.45, 2.75) is 18.9 Å². The molecule has 1 unspecified atom stereocenters. The predicted molar refractivity (Wildman–Crippen MR) is 79.9 cm³/mol. The molecule has 3 nitrogen and oxygen atoms in total. The summed E-state index contributed by atoms with van der Waals surface area (Å²) < 4.78 is 0. The molecule has 1 atom stereocenters. The highest BCUT2D eigenvalue weighted by atomic mass is 15.2. The zero-order chi connectivity index (χ0) is 13.4. The van der Waals surface area contributed by atoms with Gasteiger partial charge in [0.2, 0.25) is 0 Å². The lowest BCUT2D eigenvalue weighted by molar-refractivity contribution is 0.155. The molecule has 0 amide bonds. The van der Waals surface area contributed by atoms with Gasteiger partial charge in [-0.15, -0.1) is 0 Å². The van der Waals surface area contributed by atoms with E-state index < -0.39 is 0 Å². The molecule has 4 rings (SSSR count). The van der Waals surface area contributed by atoms with E-state index in [1.54, 1.807) is 16.8 Å². The van der Waals surface area contributed by atoms with Crippen molar-refractivity contribution in [3.63, 3.8) is 0 Å². The lowest BCUT2D eigenvalue weighted by Crippen LogP contribution is -2.43. The van der Waals surface area contributed by atoms with Gasteiger partial charge in [0.1, 0.15) is 0 Å². The first-order valence-corrected chi connectivity index (χ1v) is 7.42. The van der Waals surface area contributed by atoms with Crippen LogP contribution in [0.15, 0.2) is 35.1 Å². The molecule has 0 radical (unpaired) electrons. The maximum absolute atomic E-state index is 2.75. The first-order valence-electron chi connectivity index (χ1n) is 7.42. The summed E-state index contributed by atoms with van der Waals surface area (Å²) in [5, 5.41) is 2.75.